The van der Waals surface area contributed by atoms with Crippen molar-refractivity contribution in [2.45, 2.75) is 18.6 Å². The molecule has 0 aliphatic heterocycles. The van der Waals surface area contributed by atoms with Crippen molar-refractivity contribution in [3.8, 4) is 0 Å². The third-order valence-electron chi connectivity index (χ3n) is 2.63. The molecular weight excluding hydrogens is 328 g/mol. The summed E-state index contributed by atoms with van der Waals surface area (Å²) in [4.78, 5) is 14.9. The second kappa shape index (κ2) is 6.25. The van der Waals surface area contributed by atoms with Crippen LogP contribution in [0, 0.1) is 6.92 Å². The van der Waals surface area contributed by atoms with Gasteiger partial charge in [0, 0.05) is 16.4 Å². The molecule has 19 heavy (non-hydrogen) atoms. The summed E-state index contributed by atoms with van der Waals surface area (Å²) in [6.07, 6.45) is 1.76. The van der Waals surface area contributed by atoms with Crippen LogP contribution in [0.3, 0.4) is 0 Å². The molecule has 0 unspecified atom stereocenters. The SMILES string of the molecule is Cc1cnc(SCC(=O)O)n1Cc1ccccc1Br. The van der Waals surface area contributed by atoms with E-state index in [4.69, 9.17) is 5.11 Å². The number of aryl methyl sites for hydroxylation is 1. The van der Waals surface area contributed by atoms with Crippen LogP contribution in [0.2, 0.25) is 0 Å². The molecule has 100 valence electrons. The summed E-state index contributed by atoms with van der Waals surface area (Å²) < 4.78 is 3.06. The lowest BCUT2D eigenvalue weighted by Gasteiger charge is -2.10. The number of imidazole rings is 1. The molecule has 1 N–H and O–H groups in total. The minimum absolute atomic E-state index is 0.0203. The monoisotopic (exact) mass is 340 g/mol. The van der Waals surface area contributed by atoms with Gasteiger partial charge in [-0.15, -0.1) is 0 Å². The normalized spacial score (nSPS) is 10.6. The molecule has 1 aromatic carbocycles. The van der Waals surface area contributed by atoms with E-state index in [0.717, 1.165) is 20.9 Å². The highest BCUT2D eigenvalue weighted by Gasteiger charge is 2.11. The second-order valence-electron chi connectivity index (χ2n) is 4.04. The van der Waals surface area contributed by atoms with Crippen LogP contribution in [0.15, 0.2) is 40.1 Å². The fourth-order valence-electron chi connectivity index (χ4n) is 1.67. The zero-order valence-corrected chi connectivity index (χ0v) is 12.7. The summed E-state index contributed by atoms with van der Waals surface area (Å²) in [7, 11) is 0. The van der Waals surface area contributed by atoms with Crippen molar-refractivity contribution in [1.29, 1.82) is 0 Å². The van der Waals surface area contributed by atoms with Gasteiger partial charge in [-0.25, -0.2) is 4.98 Å². The first-order chi connectivity index (χ1) is 9.08. The Bertz CT molecular complexity index is 598. The summed E-state index contributed by atoms with van der Waals surface area (Å²) in [6.45, 7) is 2.64. The van der Waals surface area contributed by atoms with E-state index in [0.29, 0.717) is 6.54 Å². The van der Waals surface area contributed by atoms with E-state index >= 15 is 0 Å². The zero-order valence-electron chi connectivity index (χ0n) is 10.3. The third kappa shape index (κ3) is 3.61. The predicted octanol–water partition coefficient (Wildman–Crippen LogP) is 3.18. The molecule has 0 aliphatic carbocycles. The topological polar surface area (TPSA) is 55.1 Å². The van der Waals surface area contributed by atoms with Crippen LogP contribution in [0.4, 0.5) is 0 Å². The van der Waals surface area contributed by atoms with Crippen LogP contribution in [-0.2, 0) is 11.3 Å². The smallest absolute Gasteiger partial charge is 0.313 e. The fourth-order valence-corrected chi connectivity index (χ4v) is 2.82. The average molecular weight is 341 g/mol. The van der Waals surface area contributed by atoms with E-state index in [9.17, 15) is 4.79 Å². The van der Waals surface area contributed by atoms with E-state index < -0.39 is 5.97 Å². The molecule has 0 spiro atoms. The Balaban J connectivity index is 2.22. The Morgan fingerprint density at radius 2 is 2.21 bits per heavy atom. The van der Waals surface area contributed by atoms with Crippen molar-refractivity contribution < 1.29 is 9.90 Å². The Hall–Kier alpha value is -1.27. The first-order valence-corrected chi connectivity index (χ1v) is 7.46. The predicted molar refractivity (Wildman–Crippen MR) is 78.6 cm³/mol. The number of carboxylic acid groups (broad SMARTS) is 1. The summed E-state index contributed by atoms with van der Waals surface area (Å²) in [5.74, 6) is -0.815. The number of aromatic nitrogens is 2. The fraction of sp³-hybridized carbons (Fsp3) is 0.231. The molecule has 0 saturated carbocycles. The number of hydrogen-bond acceptors (Lipinski definition) is 3. The molecule has 1 heterocycles. The molecule has 0 radical (unpaired) electrons. The second-order valence-corrected chi connectivity index (χ2v) is 5.84. The summed E-state index contributed by atoms with van der Waals surface area (Å²) >= 11 is 4.76. The number of benzene rings is 1. The van der Waals surface area contributed by atoms with Crippen molar-refractivity contribution >= 4 is 33.7 Å². The lowest BCUT2D eigenvalue weighted by atomic mass is 10.2. The highest BCUT2D eigenvalue weighted by atomic mass is 79.9. The van der Waals surface area contributed by atoms with Gasteiger partial charge in [0.05, 0.1) is 12.3 Å². The van der Waals surface area contributed by atoms with Crippen LogP contribution >= 0.6 is 27.7 Å². The molecule has 0 aliphatic rings. The number of aliphatic carboxylic acids is 1. The van der Waals surface area contributed by atoms with Gasteiger partial charge in [-0.05, 0) is 18.6 Å². The molecule has 2 aromatic rings. The Kier molecular flexibility index (Phi) is 4.66. The number of rotatable bonds is 5. The average Bonchev–Trinajstić information content (AvgIpc) is 2.71. The molecule has 0 amide bonds. The van der Waals surface area contributed by atoms with Crippen molar-refractivity contribution in [2.24, 2.45) is 0 Å². The van der Waals surface area contributed by atoms with Crippen LogP contribution in [0.5, 0.6) is 0 Å². The molecule has 0 saturated heterocycles. The summed E-state index contributed by atoms with van der Waals surface area (Å²) in [5, 5.41) is 9.47. The van der Waals surface area contributed by atoms with Gasteiger partial charge in [0.2, 0.25) is 0 Å². The van der Waals surface area contributed by atoms with E-state index in [-0.39, 0.29) is 5.75 Å². The van der Waals surface area contributed by atoms with Gasteiger partial charge in [0.1, 0.15) is 0 Å². The van der Waals surface area contributed by atoms with Gasteiger partial charge >= 0.3 is 5.97 Å². The summed E-state index contributed by atoms with van der Waals surface area (Å²) in [6, 6.07) is 7.98. The number of nitrogens with zero attached hydrogens (tertiary/aromatic N) is 2. The van der Waals surface area contributed by atoms with Gasteiger partial charge in [-0.3, -0.25) is 4.79 Å². The number of carboxylic acids is 1. The molecule has 0 atom stereocenters. The first-order valence-electron chi connectivity index (χ1n) is 5.68. The van der Waals surface area contributed by atoms with Crippen LogP contribution in [-0.4, -0.2) is 26.4 Å². The van der Waals surface area contributed by atoms with Crippen LogP contribution in [0.25, 0.3) is 0 Å². The maximum absolute atomic E-state index is 10.6. The van der Waals surface area contributed by atoms with E-state index in [2.05, 4.69) is 20.9 Å². The zero-order chi connectivity index (χ0) is 13.8. The molecule has 1 aromatic heterocycles. The molecule has 2 rings (SSSR count). The number of halogens is 1. The number of carbonyl (C=O) groups is 1. The lowest BCUT2D eigenvalue weighted by Crippen LogP contribution is -2.06. The maximum Gasteiger partial charge on any atom is 0.313 e. The van der Waals surface area contributed by atoms with Crippen molar-refractivity contribution in [1.82, 2.24) is 9.55 Å². The maximum atomic E-state index is 10.6. The van der Waals surface area contributed by atoms with E-state index in [1.54, 1.807) is 6.20 Å². The number of thioether (sulfide) groups is 1. The Morgan fingerprint density at radius 3 is 2.89 bits per heavy atom. The minimum atomic E-state index is -0.835. The van der Waals surface area contributed by atoms with Gasteiger partial charge in [0.15, 0.2) is 5.16 Å². The standard InChI is InChI=1S/C13H13BrN2O2S/c1-9-6-15-13(19-8-12(17)18)16(9)7-10-4-2-3-5-11(10)14/h2-6H,7-8H2,1H3,(H,17,18). The van der Waals surface area contributed by atoms with Gasteiger partial charge in [0.25, 0.3) is 0 Å². The van der Waals surface area contributed by atoms with Crippen LogP contribution in [0.1, 0.15) is 11.3 Å². The highest BCUT2D eigenvalue weighted by molar-refractivity contribution is 9.10. The van der Waals surface area contributed by atoms with Crippen molar-refractivity contribution in [2.75, 3.05) is 5.75 Å². The molecule has 6 heteroatoms. The van der Waals surface area contributed by atoms with Crippen molar-refractivity contribution in [3.63, 3.8) is 0 Å². The van der Waals surface area contributed by atoms with E-state index in [1.165, 1.54) is 11.8 Å². The minimum Gasteiger partial charge on any atom is -0.481 e. The first kappa shape index (κ1) is 14.1. The molecular formula is C13H13BrN2O2S. The Morgan fingerprint density at radius 1 is 1.47 bits per heavy atom. The van der Waals surface area contributed by atoms with Gasteiger partial charge in [-0.2, -0.15) is 0 Å². The molecule has 0 bridgehead atoms. The lowest BCUT2D eigenvalue weighted by molar-refractivity contribution is -0.133. The third-order valence-corrected chi connectivity index (χ3v) is 4.38. The Labute approximate surface area is 124 Å². The quantitative estimate of drug-likeness (QED) is 0.849. The summed E-state index contributed by atoms with van der Waals surface area (Å²) in [5.41, 5.74) is 2.16. The molecule has 4 nitrogen and oxygen atoms in total. The highest BCUT2D eigenvalue weighted by Crippen LogP contribution is 2.23. The molecule has 0 fully saturated rings. The number of hydrogen-bond donors (Lipinski definition) is 1. The van der Waals surface area contributed by atoms with Gasteiger partial charge in [-0.1, -0.05) is 45.9 Å². The van der Waals surface area contributed by atoms with Crippen LogP contribution < -0.4 is 0 Å². The van der Waals surface area contributed by atoms with Gasteiger partial charge < -0.3 is 9.67 Å². The van der Waals surface area contributed by atoms with E-state index in [1.807, 2.05) is 35.8 Å². The van der Waals surface area contributed by atoms with Crippen molar-refractivity contribution in [3.05, 3.63) is 46.2 Å². The largest absolute Gasteiger partial charge is 0.481 e.